The van der Waals surface area contributed by atoms with Gasteiger partial charge in [-0.15, -0.1) is 5.10 Å². The minimum Gasteiger partial charge on any atom is -0.392 e. The van der Waals surface area contributed by atoms with Crippen LogP contribution in [0.15, 0.2) is 6.20 Å². The maximum absolute atomic E-state index is 10.1. The number of aromatic nitrogens is 3. The first-order chi connectivity index (χ1) is 9.25. The molecule has 5 nitrogen and oxygen atoms in total. The molecule has 2 heterocycles. The second-order valence-corrected chi connectivity index (χ2v) is 7.16. The van der Waals surface area contributed by atoms with Gasteiger partial charge in [0, 0.05) is 12.6 Å². The Labute approximate surface area is 121 Å². The van der Waals surface area contributed by atoms with Crippen molar-refractivity contribution in [3.63, 3.8) is 0 Å². The number of aliphatic hydroxyl groups is 1. The van der Waals surface area contributed by atoms with Crippen LogP contribution >= 0.6 is 0 Å². The summed E-state index contributed by atoms with van der Waals surface area (Å²) in [4.78, 5) is 0. The summed E-state index contributed by atoms with van der Waals surface area (Å²) in [5.41, 5.74) is 0.727. The van der Waals surface area contributed by atoms with Crippen LogP contribution in [0.2, 0.25) is 0 Å². The van der Waals surface area contributed by atoms with Gasteiger partial charge in [0.05, 0.1) is 30.0 Å². The van der Waals surface area contributed by atoms with E-state index in [9.17, 15) is 5.11 Å². The van der Waals surface area contributed by atoms with Gasteiger partial charge in [0.15, 0.2) is 0 Å². The van der Waals surface area contributed by atoms with E-state index in [0.717, 1.165) is 18.5 Å². The molecule has 0 radical (unpaired) electrons. The normalized spacial score (nSPS) is 29.4. The third-order valence-corrected chi connectivity index (χ3v) is 4.01. The van der Waals surface area contributed by atoms with Gasteiger partial charge in [-0.05, 0) is 32.1 Å². The first-order valence-corrected chi connectivity index (χ1v) is 7.50. The zero-order chi connectivity index (χ0) is 14.9. The van der Waals surface area contributed by atoms with Crippen LogP contribution in [-0.2, 0) is 11.2 Å². The van der Waals surface area contributed by atoms with Gasteiger partial charge in [0.2, 0.25) is 0 Å². The van der Waals surface area contributed by atoms with Crippen LogP contribution in [0.5, 0.6) is 0 Å². The van der Waals surface area contributed by atoms with Gasteiger partial charge >= 0.3 is 0 Å². The SMILES string of the molecule is C[C@@H]1CC(n2cc(CC(O)C(C)(C)C)nn2)C[C@H](C)O1. The average Bonchev–Trinajstić information content (AvgIpc) is 2.75. The molecule has 1 fully saturated rings. The lowest BCUT2D eigenvalue weighted by Crippen LogP contribution is -2.31. The van der Waals surface area contributed by atoms with E-state index in [0.29, 0.717) is 12.5 Å². The zero-order valence-corrected chi connectivity index (χ0v) is 13.2. The molecule has 0 amide bonds. The fourth-order valence-corrected chi connectivity index (χ4v) is 2.68. The average molecular weight is 281 g/mol. The van der Waals surface area contributed by atoms with Crippen LogP contribution in [0.4, 0.5) is 0 Å². The maximum atomic E-state index is 10.1. The molecule has 1 aromatic rings. The standard InChI is InChI=1S/C15H27N3O2/c1-10-6-13(7-11(2)20-10)18-9-12(16-17-18)8-14(19)15(3,4)5/h9-11,13-14,19H,6-8H2,1-5H3/t10-,11+,13?,14?. The Bertz CT molecular complexity index is 429. The molecule has 114 valence electrons. The van der Waals surface area contributed by atoms with E-state index in [-0.39, 0.29) is 17.6 Å². The Hall–Kier alpha value is -0.940. The third-order valence-electron chi connectivity index (χ3n) is 4.01. The molecule has 1 aliphatic heterocycles. The number of nitrogens with zero attached hydrogens (tertiary/aromatic N) is 3. The molecule has 2 rings (SSSR count). The lowest BCUT2D eigenvalue weighted by atomic mass is 9.87. The van der Waals surface area contributed by atoms with Gasteiger partial charge < -0.3 is 9.84 Å². The Morgan fingerprint density at radius 1 is 1.35 bits per heavy atom. The minimum absolute atomic E-state index is 0.133. The van der Waals surface area contributed by atoms with Crippen LogP contribution < -0.4 is 0 Å². The smallest absolute Gasteiger partial charge is 0.0853 e. The largest absolute Gasteiger partial charge is 0.392 e. The van der Waals surface area contributed by atoms with Gasteiger partial charge in [-0.3, -0.25) is 0 Å². The molecule has 1 saturated heterocycles. The molecule has 0 saturated carbocycles. The molecule has 5 heteroatoms. The highest BCUT2D eigenvalue weighted by Crippen LogP contribution is 2.28. The van der Waals surface area contributed by atoms with Crippen molar-refractivity contribution in [2.24, 2.45) is 5.41 Å². The van der Waals surface area contributed by atoms with E-state index < -0.39 is 6.10 Å². The molecular formula is C15H27N3O2. The summed E-state index contributed by atoms with van der Waals surface area (Å²) >= 11 is 0. The molecule has 0 spiro atoms. The van der Waals surface area contributed by atoms with E-state index in [2.05, 4.69) is 24.2 Å². The highest BCUT2D eigenvalue weighted by Gasteiger charge is 2.27. The van der Waals surface area contributed by atoms with Crippen LogP contribution in [0.25, 0.3) is 0 Å². The Morgan fingerprint density at radius 2 is 1.95 bits per heavy atom. The Kier molecular flexibility index (Phi) is 4.49. The lowest BCUT2D eigenvalue weighted by molar-refractivity contribution is -0.0509. The van der Waals surface area contributed by atoms with Crippen molar-refractivity contribution < 1.29 is 9.84 Å². The van der Waals surface area contributed by atoms with E-state index in [1.54, 1.807) is 0 Å². The number of hydrogen-bond acceptors (Lipinski definition) is 4. The summed E-state index contributed by atoms with van der Waals surface area (Å²) in [5.74, 6) is 0. The van der Waals surface area contributed by atoms with Crippen molar-refractivity contribution >= 4 is 0 Å². The van der Waals surface area contributed by atoms with Crippen molar-refractivity contribution in [1.29, 1.82) is 0 Å². The van der Waals surface area contributed by atoms with Gasteiger partial charge in [0.1, 0.15) is 0 Å². The lowest BCUT2D eigenvalue weighted by Gasteiger charge is -2.31. The van der Waals surface area contributed by atoms with Gasteiger partial charge in [-0.1, -0.05) is 26.0 Å². The van der Waals surface area contributed by atoms with Crippen molar-refractivity contribution in [2.75, 3.05) is 0 Å². The zero-order valence-electron chi connectivity index (χ0n) is 13.2. The third kappa shape index (κ3) is 3.79. The quantitative estimate of drug-likeness (QED) is 0.924. The molecule has 1 N–H and O–H groups in total. The summed E-state index contributed by atoms with van der Waals surface area (Å²) < 4.78 is 7.70. The fraction of sp³-hybridized carbons (Fsp3) is 0.867. The number of rotatable bonds is 3. The molecular weight excluding hydrogens is 254 g/mol. The molecule has 0 bridgehead atoms. The highest BCUT2D eigenvalue weighted by atomic mass is 16.5. The number of ether oxygens (including phenoxy) is 1. The molecule has 1 aromatic heterocycles. The first-order valence-electron chi connectivity index (χ1n) is 7.50. The Morgan fingerprint density at radius 3 is 2.50 bits per heavy atom. The Balaban J connectivity index is 2.02. The predicted molar refractivity (Wildman–Crippen MR) is 77.5 cm³/mol. The van der Waals surface area contributed by atoms with Crippen molar-refractivity contribution in [3.05, 3.63) is 11.9 Å². The summed E-state index contributed by atoms with van der Waals surface area (Å²) in [6.45, 7) is 10.3. The van der Waals surface area contributed by atoms with E-state index in [1.807, 2.05) is 31.6 Å². The topological polar surface area (TPSA) is 60.2 Å². The number of hydrogen-bond donors (Lipinski definition) is 1. The molecule has 1 aliphatic rings. The van der Waals surface area contributed by atoms with E-state index in [4.69, 9.17) is 4.74 Å². The summed E-state index contributed by atoms with van der Waals surface area (Å²) in [6.07, 6.45) is 4.58. The highest BCUT2D eigenvalue weighted by molar-refractivity contribution is 4.98. The number of aliphatic hydroxyl groups excluding tert-OH is 1. The van der Waals surface area contributed by atoms with Crippen LogP contribution in [0, 0.1) is 5.41 Å². The maximum Gasteiger partial charge on any atom is 0.0853 e. The van der Waals surface area contributed by atoms with Crippen molar-refractivity contribution in [1.82, 2.24) is 15.0 Å². The predicted octanol–water partition coefficient (Wildman–Crippen LogP) is 2.36. The monoisotopic (exact) mass is 281 g/mol. The van der Waals surface area contributed by atoms with Crippen LogP contribution in [0.3, 0.4) is 0 Å². The molecule has 4 atom stereocenters. The minimum atomic E-state index is -0.403. The first kappa shape index (κ1) is 15.4. The van der Waals surface area contributed by atoms with Crippen molar-refractivity contribution in [2.45, 2.75) is 78.2 Å². The van der Waals surface area contributed by atoms with Crippen LogP contribution in [-0.4, -0.2) is 38.4 Å². The van der Waals surface area contributed by atoms with E-state index >= 15 is 0 Å². The fourth-order valence-electron chi connectivity index (χ4n) is 2.68. The van der Waals surface area contributed by atoms with Crippen molar-refractivity contribution in [3.8, 4) is 0 Å². The summed E-state index contributed by atoms with van der Waals surface area (Å²) in [5, 5.41) is 18.6. The second kappa shape index (κ2) is 5.82. The molecule has 0 aliphatic carbocycles. The summed E-state index contributed by atoms with van der Waals surface area (Å²) in [6, 6.07) is 0.349. The second-order valence-electron chi connectivity index (χ2n) is 7.16. The van der Waals surface area contributed by atoms with Gasteiger partial charge in [-0.25, -0.2) is 4.68 Å². The van der Waals surface area contributed by atoms with Crippen LogP contribution in [0.1, 0.15) is 59.2 Å². The molecule has 0 aromatic carbocycles. The molecule has 2 unspecified atom stereocenters. The van der Waals surface area contributed by atoms with Gasteiger partial charge in [0.25, 0.3) is 0 Å². The summed E-state index contributed by atoms with van der Waals surface area (Å²) in [7, 11) is 0. The van der Waals surface area contributed by atoms with Gasteiger partial charge in [-0.2, -0.15) is 0 Å². The van der Waals surface area contributed by atoms with E-state index in [1.165, 1.54) is 0 Å². The molecule has 20 heavy (non-hydrogen) atoms.